The van der Waals surface area contributed by atoms with E-state index >= 15 is 0 Å². The molecule has 0 saturated carbocycles. The molecule has 1 unspecified atom stereocenters. The summed E-state index contributed by atoms with van der Waals surface area (Å²) in [5.74, 6) is 3.74. The van der Waals surface area contributed by atoms with Crippen LogP contribution in [-0.2, 0) is 6.54 Å². The van der Waals surface area contributed by atoms with Gasteiger partial charge >= 0.3 is 0 Å². The molecular weight excluding hydrogens is 304 g/mol. The molecule has 1 aliphatic rings. The van der Waals surface area contributed by atoms with Crippen molar-refractivity contribution in [3.63, 3.8) is 0 Å². The van der Waals surface area contributed by atoms with E-state index in [2.05, 4.69) is 21.3 Å². The number of aromatic nitrogens is 2. The second-order valence-electron chi connectivity index (χ2n) is 4.27. The molecule has 0 aliphatic carbocycles. The van der Waals surface area contributed by atoms with Gasteiger partial charge in [-0.1, -0.05) is 11.6 Å². The molecule has 1 aromatic heterocycles. The van der Waals surface area contributed by atoms with E-state index in [-0.39, 0.29) is 0 Å². The van der Waals surface area contributed by atoms with Gasteiger partial charge in [0.1, 0.15) is 0 Å². The van der Waals surface area contributed by atoms with Crippen LogP contribution in [0.5, 0.6) is 0 Å². The van der Waals surface area contributed by atoms with E-state index in [1.807, 2.05) is 30.0 Å². The van der Waals surface area contributed by atoms with Crippen molar-refractivity contribution in [3.8, 4) is 0 Å². The van der Waals surface area contributed by atoms with Gasteiger partial charge in [0, 0.05) is 34.1 Å². The average molecular weight is 317 g/mol. The van der Waals surface area contributed by atoms with Crippen LogP contribution in [0.25, 0.3) is 11.0 Å². The Morgan fingerprint density at radius 1 is 1.44 bits per heavy atom. The summed E-state index contributed by atoms with van der Waals surface area (Å²) >= 11 is 15.5. The van der Waals surface area contributed by atoms with Crippen molar-refractivity contribution >= 4 is 58.4 Å². The summed E-state index contributed by atoms with van der Waals surface area (Å²) in [6, 6.07) is 5.91. The number of imidazole rings is 1. The topological polar surface area (TPSA) is 20.7 Å². The van der Waals surface area contributed by atoms with Gasteiger partial charge < -0.3 is 9.55 Å². The third-order valence-corrected chi connectivity index (χ3v) is 6.39. The Hall–Kier alpha value is -0.100. The molecule has 1 fully saturated rings. The molecule has 1 saturated heterocycles. The van der Waals surface area contributed by atoms with E-state index in [1.165, 1.54) is 17.3 Å². The van der Waals surface area contributed by atoms with E-state index < -0.39 is 0 Å². The van der Waals surface area contributed by atoms with Gasteiger partial charge in [-0.05, 0) is 30.4 Å². The lowest BCUT2D eigenvalue weighted by atomic mass is 10.3. The number of hydrogen-bond donors (Lipinski definition) is 1. The number of nitrogens with zero attached hydrogens (tertiary/aromatic N) is 1. The molecule has 2 heterocycles. The maximum Gasteiger partial charge on any atom is 0.178 e. The predicted octanol–water partition coefficient (Wildman–Crippen LogP) is 4.20. The number of benzene rings is 1. The first-order chi connectivity index (χ1) is 8.74. The molecule has 6 heteroatoms. The monoisotopic (exact) mass is 316 g/mol. The highest BCUT2D eigenvalue weighted by atomic mass is 35.5. The second kappa shape index (κ2) is 5.49. The number of halogens is 1. The van der Waals surface area contributed by atoms with E-state index in [0.29, 0.717) is 5.25 Å². The third kappa shape index (κ3) is 2.59. The zero-order chi connectivity index (χ0) is 12.5. The van der Waals surface area contributed by atoms with Crippen LogP contribution in [0, 0.1) is 4.77 Å². The molecule has 2 nitrogen and oxygen atoms in total. The van der Waals surface area contributed by atoms with Gasteiger partial charge in [-0.15, -0.1) is 0 Å². The predicted molar refractivity (Wildman–Crippen MR) is 85.7 cm³/mol. The molecule has 1 atom stereocenters. The summed E-state index contributed by atoms with van der Waals surface area (Å²) in [4.78, 5) is 3.23. The molecule has 0 amide bonds. The van der Waals surface area contributed by atoms with E-state index in [1.54, 1.807) is 0 Å². The van der Waals surface area contributed by atoms with Crippen molar-refractivity contribution in [1.82, 2.24) is 9.55 Å². The number of hydrogen-bond acceptors (Lipinski definition) is 3. The number of fused-ring (bicyclic) bond motifs is 1. The van der Waals surface area contributed by atoms with Crippen LogP contribution in [0.1, 0.15) is 0 Å². The molecule has 0 radical (unpaired) electrons. The first-order valence-corrected chi connectivity index (χ1v) is 8.80. The first-order valence-electron chi connectivity index (χ1n) is 5.81. The Labute approximate surface area is 124 Å². The maximum absolute atomic E-state index is 6.00. The Kier molecular flexibility index (Phi) is 3.94. The number of aromatic amines is 1. The third-order valence-electron chi connectivity index (χ3n) is 3.01. The fourth-order valence-corrected chi connectivity index (χ4v) is 5.27. The minimum absolute atomic E-state index is 0.658. The molecular formula is C12H13ClN2S3. The maximum atomic E-state index is 6.00. The van der Waals surface area contributed by atoms with Gasteiger partial charge in [0.25, 0.3) is 0 Å². The molecule has 18 heavy (non-hydrogen) atoms. The number of thioether (sulfide) groups is 2. The van der Waals surface area contributed by atoms with Crippen molar-refractivity contribution in [1.29, 1.82) is 0 Å². The van der Waals surface area contributed by atoms with Crippen LogP contribution in [0.15, 0.2) is 18.2 Å². The van der Waals surface area contributed by atoms with Gasteiger partial charge in [0.05, 0.1) is 11.0 Å². The summed E-state index contributed by atoms with van der Waals surface area (Å²) in [7, 11) is 0. The number of H-pyrrole nitrogens is 1. The summed E-state index contributed by atoms with van der Waals surface area (Å²) in [5.41, 5.74) is 2.18. The van der Waals surface area contributed by atoms with Crippen molar-refractivity contribution < 1.29 is 0 Å². The van der Waals surface area contributed by atoms with Crippen LogP contribution in [0.2, 0.25) is 5.02 Å². The van der Waals surface area contributed by atoms with Crippen LogP contribution in [0.3, 0.4) is 0 Å². The largest absolute Gasteiger partial charge is 0.331 e. The molecule has 1 N–H and O–H groups in total. The molecule has 96 valence electrons. The normalized spacial score (nSPS) is 20.4. The lowest BCUT2D eigenvalue weighted by Gasteiger charge is -2.21. The fourth-order valence-electron chi connectivity index (χ4n) is 2.16. The summed E-state index contributed by atoms with van der Waals surface area (Å²) in [6.07, 6.45) is 0. The fraction of sp³-hybridized carbons (Fsp3) is 0.417. The Morgan fingerprint density at radius 3 is 3.11 bits per heavy atom. The molecule has 0 bridgehead atoms. The summed E-state index contributed by atoms with van der Waals surface area (Å²) < 4.78 is 2.99. The van der Waals surface area contributed by atoms with Crippen molar-refractivity contribution in [2.75, 3.05) is 17.3 Å². The highest BCUT2D eigenvalue weighted by molar-refractivity contribution is 8.06. The lowest BCUT2D eigenvalue weighted by molar-refractivity contribution is 0.705. The number of rotatable bonds is 2. The highest BCUT2D eigenvalue weighted by Gasteiger charge is 2.16. The highest BCUT2D eigenvalue weighted by Crippen LogP contribution is 2.27. The SMILES string of the molecule is S=c1[nH]c2cc(Cl)ccc2n1CC1CSCCS1. The Balaban J connectivity index is 1.95. The van der Waals surface area contributed by atoms with Gasteiger partial charge in [-0.2, -0.15) is 23.5 Å². The standard InChI is InChI=1S/C12H13ClN2S3/c13-8-1-2-11-10(5-8)14-12(16)15(11)6-9-7-17-3-4-18-9/h1-2,5,9H,3-4,6-7H2,(H,14,16). The summed E-state index contributed by atoms with van der Waals surface area (Å²) in [6.45, 7) is 0.984. The molecule has 1 aromatic carbocycles. The minimum Gasteiger partial charge on any atom is -0.331 e. The molecule has 3 rings (SSSR count). The second-order valence-corrected chi connectivity index (χ2v) is 7.65. The Bertz CT molecular complexity index is 613. The zero-order valence-corrected chi connectivity index (χ0v) is 12.9. The molecule has 0 spiro atoms. The van der Waals surface area contributed by atoms with Gasteiger partial charge in [0.15, 0.2) is 4.77 Å². The minimum atomic E-state index is 0.658. The average Bonchev–Trinajstić information content (AvgIpc) is 2.66. The van der Waals surface area contributed by atoms with Gasteiger partial charge in [-0.25, -0.2) is 0 Å². The molecule has 2 aromatic rings. The van der Waals surface area contributed by atoms with E-state index in [9.17, 15) is 0 Å². The van der Waals surface area contributed by atoms with Crippen molar-refractivity contribution in [3.05, 3.63) is 28.0 Å². The molecule has 1 aliphatic heterocycles. The van der Waals surface area contributed by atoms with Crippen molar-refractivity contribution in [2.45, 2.75) is 11.8 Å². The quantitative estimate of drug-likeness (QED) is 0.839. The van der Waals surface area contributed by atoms with E-state index in [0.717, 1.165) is 27.4 Å². The van der Waals surface area contributed by atoms with E-state index in [4.69, 9.17) is 23.8 Å². The van der Waals surface area contributed by atoms with Gasteiger partial charge in [-0.3, -0.25) is 0 Å². The Morgan fingerprint density at radius 2 is 2.33 bits per heavy atom. The smallest absolute Gasteiger partial charge is 0.178 e. The zero-order valence-electron chi connectivity index (χ0n) is 9.69. The van der Waals surface area contributed by atoms with Crippen LogP contribution in [0.4, 0.5) is 0 Å². The lowest BCUT2D eigenvalue weighted by Crippen LogP contribution is -2.20. The van der Waals surface area contributed by atoms with Crippen molar-refractivity contribution in [2.24, 2.45) is 0 Å². The van der Waals surface area contributed by atoms with Crippen LogP contribution < -0.4 is 0 Å². The van der Waals surface area contributed by atoms with Crippen LogP contribution >= 0.6 is 47.3 Å². The van der Waals surface area contributed by atoms with Crippen LogP contribution in [-0.4, -0.2) is 32.1 Å². The first kappa shape index (κ1) is 12.9. The van der Waals surface area contributed by atoms with Gasteiger partial charge in [0.2, 0.25) is 0 Å². The summed E-state index contributed by atoms with van der Waals surface area (Å²) in [5, 5.41) is 1.40. The number of nitrogens with one attached hydrogen (secondary N) is 1.